The highest BCUT2D eigenvalue weighted by molar-refractivity contribution is 6.29. The number of fused-ring (bicyclic) bond motifs is 6. The zero-order chi connectivity index (χ0) is 34.2. The Bertz CT molecular complexity index is 2970. The van der Waals surface area contributed by atoms with E-state index < -0.39 is 0 Å². The van der Waals surface area contributed by atoms with Crippen LogP contribution in [0, 0.1) is 0 Å². The molecule has 0 unspecified atom stereocenters. The third-order valence-corrected chi connectivity index (χ3v) is 11.1. The summed E-state index contributed by atoms with van der Waals surface area (Å²) in [4.78, 5) is 0. The van der Waals surface area contributed by atoms with Gasteiger partial charge in [0, 0.05) is 0 Å². The fourth-order valence-electron chi connectivity index (χ4n) is 9.12. The van der Waals surface area contributed by atoms with Crippen LogP contribution in [0.3, 0.4) is 0 Å². The maximum atomic E-state index is 2.50. The highest BCUT2D eigenvalue weighted by Gasteiger charge is 2.31. The first-order valence-electron chi connectivity index (χ1n) is 18.1. The molecule has 0 heteroatoms. The Balaban J connectivity index is 1.31. The SMILES string of the molecule is c1ccc(-c2c3c(c(-c4ccccc4)c4ccccc24)-c2cc(-c4c5ccccc5c(-c5ccccc5)c5ccccc45)cc4cccc-3c24)cc1. The van der Waals surface area contributed by atoms with Crippen molar-refractivity contribution in [1.82, 2.24) is 0 Å². The van der Waals surface area contributed by atoms with Gasteiger partial charge in [-0.3, -0.25) is 0 Å². The Morgan fingerprint density at radius 2 is 0.577 bits per heavy atom. The maximum Gasteiger partial charge on any atom is -0.000720 e. The molecule has 0 amide bonds. The first kappa shape index (κ1) is 29.0. The molecule has 11 rings (SSSR count). The predicted molar refractivity (Wildman–Crippen MR) is 223 cm³/mol. The van der Waals surface area contributed by atoms with Gasteiger partial charge in [0.1, 0.15) is 0 Å². The molecule has 0 nitrogen and oxygen atoms in total. The molecule has 0 bridgehead atoms. The van der Waals surface area contributed by atoms with Crippen molar-refractivity contribution in [3.8, 4) is 66.8 Å². The fourth-order valence-corrected chi connectivity index (χ4v) is 9.12. The number of rotatable bonds is 4. The van der Waals surface area contributed by atoms with E-state index in [-0.39, 0.29) is 0 Å². The molecule has 10 aromatic carbocycles. The zero-order valence-corrected chi connectivity index (χ0v) is 28.5. The Hall–Kier alpha value is -6.76. The Morgan fingerprint density at radius 3 is 1.04 bits per heavy atom. The lowest BCUT2D eigenvalue weighted by molar-refractivity contribution is 1.62. The number of hydrogen-bond donors (Lipinski definition) is 0. The van der Waals surface area contributed by atoms with Gasteiger partial charge < -0.3 is 0 Å². The molecule has 0 radical (unpaired) electrons. The van der Waals surface area contributed by atoms with E-state index in [1.54, 1.807) is 0 Å². The molecule has 10 aromatic rings. The highest BCUT2D eigenvalue weighted by Crippen LogP contribution is 2.58. The fraction of sp³-hybridized carbons (Fsp3) is 0. The van der Waals surface area contributed by atoms with E-state index in [2.05, 4.69) is 194 Å². The molecule has 240 valence electrons. The summed E-state index contributed by atoms with van der Waals surface area (Å²) in [5.41, 5.74) is 15.4. The van der Waals surface area contributed by atoms with E-state index in [9.17, 15) is 0 Å². The minimum atomic E-state index is 1.24. The molecule has 52 heavy (non-hydrogen) atoms. The third-order valence-electron chi connectivity index (χ3n) is 11.1. The van der Waals surface area contributed by atoms with Crippen LogP contribution < -0.4 is 0 Å². The summed E-state index contributed by atoms with van der Waals surface area (Å²) in [6.45, 7) is 0. The summed E-state index contributed by atoms with van der Waals surface area (Å²) in [7, 11) is 0. The number of hydrogen-bond acceptors (Lipinski definition) is 0. The summed E-state index contributed by atoms with van der Waals surface area (Å²) in [5, 5.41) is 10.3. The summed E-state index contributed by atoms with van der Waals surface area (Å²) in [6, 6.07) is 71.7. The van der Waals surface area contributed by atoms with Gasteiger partial charge in [0.05, 0.1) is 0 Å². The van der Waals surface area contributed by atoms with E-state index in [1.165, 1.54) is 110 Å². The normalized spacial score (nSPS) is 11.8. The lowest BCUT2D eigenvalue weighted by atomic mass is 9.82. The van der Waals surface area contributed by atoms with Gasteiger partial charge in [0.25, 0.3) is 0 Å². The zero-order valence-electron chi connectivity index (χ0n) is 28.5. The second-order valence-corrected chi connectivity index (χ2v) is 13.9. The second-order valence-electron chi connectivity index (χ2n) is 13.9. The van der Waals surface area contributed by atoms with Gasteiger partial charge in [-0.15, -0.1) is 0 Å². The average molecular weight is 657 g/mol. The monoisotopic (exact) mass is 656 g/mol. The maximum absolute atomic E-state index is 2.50. The lowest BCUT2D eigenvalue weighted by Crippen LogP contribution is -1.94. The summed E-state index contributed by atoms with van der Waals surface area (Å²) in [5.74, 6) is 0. The molecule has 0 heterocycles. The molecule has 1 aliphatic carbocycles. The molecular weight excluding hydrogens is 625 g/mol. The minimum absolute atomic E-state index is 1.24. The van der Waals surface area contributed by atoms with Crippen LogP contribution >= 0.6 is 0 Å². The van der Waals surface area contributed by atoms with E-state index >= 15 is 0 Å². The van der Waals surface area contributed by atoms with Crippen LogP contribution in [-0.2, 0) is 0 Å². The average Bonchev–Trinajstić information content (AvgIpc) is 3.54. The summed E-state index contributed by atoms with van der Waals surface area (Å²) < 4.78 is 0. The highest BCUT2D eigenvalue weighted by atomic mass is 14.3. The van der Waals surface area contributed by atoms with E-state index in [0.29, 0.717) is 0 Å². The predicted octanol–water partition coefficient (Wildman–Crippen LogP) is 14.6. The van der Waals surface area contributed by atoms with E-state index in [4.69, 9.17) is 0 Å². The van der Waals surface area contributed by atoms with Crippen molar-refractivity contribution in [2.45, 2.75) is 0 Å². The standard InChI is InChI=1S/C52H32/c1-4-17-33(18-5-1)46-38-24-10-12-26-40(38)48(41-27-13-11-25-39(41)46)37-31-36-23-16-30-44-47(36)45(32-37)52-50(35-21-8-3-9-22-35)43-29-15-14-28-42(43)49(51(44)52)34-19-6-2-7-20-34/h1-32H. The van der Waals surface area contributed by atoms with Crippen molar-refractivity contribution in [2.75, 3.05) is 0 Å². The van der Waals surface area contributed by atoms with Crippen molar-refractivity contribution in [1.29, 1.82) is 0 Å². The van der Waals surface area contributed by atoms with Gasteiger partial charge in [0.15, 0.2) is 0 Å². The summed E-state index contributed by atoms with van der Waals surface area (Å²) in [6.07, 6.45) is 0. The van der Waals surface area contributed by atoms with E-state index in [0.717, 1.165) is 0 Å². The topological polar surface area (TPSA) is 0 Å². The molecule has 0 atom stereocenters. The smallest absolute Gasteiger partial charge is 0.000720 e. The Morgan fingerprint density at radius 1 is 0.212 bits per heavy atom. The van der Waals surface area contributed by atoms with Crippen molar-refractivity contribution in [2.24, 2.45) is 0 Å². The van der Waals surface area contributed by atoms with Gasteiger partial charge >= 0.3 is 0 Å². The van der Waals surface area contributed by atoms with Crippen LogP contribution in [0.4, 0.5) is 0 Å². The van der Waals surface area contributed by atoms with Crippen LogP contribution in [0.1, 0.15) is 0 Å². The Labute approximate surface area is 302 Å². The van der Waals surface area contributed by atoms with Gasteiger partial charge in [-0.1, -0.05) is 182 Å². The van der Waals surface area contributed by atoms with Crippen molar-refractivity contribution >= 4 is 43.1 Å². The first-order chi connectivity index (χ1) is 25.8. The molecule has 0 aromatic heterocycles. The largest absolute Gasteiger partial charge is 0.0622 e. The second kappa shape index (κ2) is 11.4. The molecule has 1 aliphatic rings. The van der Waals surface area contributed by atoms with Crippen molar-refractivity contribution in [3.05, 3.63) is 194 Å². The van der Waals surface area contributed by atoms with Crippen LogP contribution in [0.5, 0.6) is 0 Å². The molecular formula is C52H32. The van der Waals surface area contributed by atoms with Crippen LogP contribution in [-0.4, -0.2) is 0 Å². The lowest BCUT2D eigenvalue weighted by Gasteiger charge is -2.21. The van der Waals surface area contributed by atoms with Crippen LogP contribution in [0.15, 0.2) is 194 Å². The molecule has 0 saturated heterocycles. The Kier molecular flexibility index (Phi) is 6.35. The quantitative estimate of drug-likeness (QED) is 0.165. The molecule has 0 fully saturated rings. The van der Waals surface area contributed by atoms with Gasteiger partial charge in [-0.05, 0) is 122 Å². The first-order valence-corrected chi connectivity index (χ1v) is 18.1. The van der Waals surface area contributed by atoms with Gasteiger partial charge in [0.2, 0.25) is 0 Å². The number of benzene rings is 10. The van der Waals surface area contributed by atoms with E-state index in [1.807, 2.05) is 0 Å². The summed E-state index contributed by atoms with van der Waals surface area (Å²) >= 11 is 0. The molecule has 0 N–H and O–H groups in total. The van der Waals surface area contributed by atoms with Crippen LogP contribution in [0.2, 0.25) is 0 Å². The molecule has 0 aliphatic heterocycles. The van der Waals surface area contributed by atoms with Gasteiger partial charge in [-0.25, -0.2) is 0 Å². The third kappa shape index (κ3) is 4.16. The van der Waals surface area contributed by atoms with Crippen molar-refractivity contribution < 1.29 is 0 Å². The van der Waals surface area contributed by atoms with Gasteiger partial charge in [-0.2, -0.15) is 0 Å². The molecule has 0 saturated carbocycles. The van der Waals surface area contributed by atoms with Crippen LogP contribution in [0.25, 0.3) is 110 Å². The van der Waals surface area contributed by atoms with Crippen molar-refractivity contribution in [3.63, 3.8) is 0 Å². The minimum Gasteiger partial charge on any atom is -0.0622 e. The molecule has 0 spiro atoms.